The van der Waals surface area contributed by atoms with Gasteiger partial charge in [0.2, 0.25) is 0 Å². The van der Waals surface area contributed by atoms with E-state index in [0.29, 0.717) is 0 Å². The molecule has 0 fully saturated rings. The molecule has 1 amide bonds. The number of carbonyl (C=O) groups is 1. The second-order valence-electron chi connectivity index (χ2n) is 5.45. The van der Waals surface area contributed by atoms with Crippen LogP contribution in [0.5, 0.6) is 0 Å². The molecule has 2 N–H and O–H groups in total. The molecule has 6 nitrogen and oxygen atoms in total. The van der Waals surface area contributed by atoms with Gasteiger partial charge in [-0.3, -0.25) is 14.2 Å². The average molecular weight is 390 g/mol. The molecular weight excluding hydrogens is 377 g/mol. The number of halogens is 2. The molecule has 26 heavy (non-hydrogen) atoms. The zero-order valence-electron chi connectivity index (χ0n) is 13.3. The van der Waals surface area contributed by atoms with E-state index >= 15 is 0 Å². The number of amides is 1. The van der Waals surface area contributed by atoms with Gasteiger partial charge in [0, 0.05) is 6.07 Å². The highest BCUT2D eigenvalue weighted by Crippen LogP contribution is 2.29. The summed E-state index contributed by atoms with van der Waals surface area (Å²) in [4.78, 5) is 39.2. The van der Waals surface area contributed by atoms with Crippen molar-refractivity contribution in [3.05, 3.63) is 96.7 Å². The maximum Gasteiger partial charge on any atom is 0.329 e. The quantitative estimate of drug-likeness (QED) is 0.718. The van der Waals surface area contributed by atoms with Crippen LogP contribution in [0.25, 0.3) is 0 Å². The normalized spacial score (nSPS) is 10.5. The molecule has 0 aliphatic carbocycles. The maximum atomic E-state index is 12.3. The van der Waals surface area contributed by atoms with Crippen LogP contribution in [0.15, 0.2) is 64.2 Å². The molecule has 0 radical (unpaired) electrons. The predicted molar refractivity (Wildman–Crippen MR) is 101 cm³/mol. The first-order chi connectivity index (χ1) is 12.5. The van der Waals surface area contributed by atoms with E-state index in [-0.39, 0.29) is 28.0 Å². The molecule has 3 rings (SSSR count). The van der Waals surface area contributed by atoms with Crippen LogP contribution in [0.2, 0.25) is 10.0 Å². The highest BCUT2D eigenvalue weighted by atomic mass is 35.5. The third-order valence-electron chi connectivity index (χ3n) is 3.65. The van der Waals surface area contributed by atoms with E-state index in [2.05, 4.69) is 10.3 Å². The van der Waals surface area contributed by atoms with Gasteiger partial charge in [0.15, 0.2) is 0 Å². The predicted octanol–water partition coefficient (Wildman–Crippen LogP) is 3.14. The van der Waals surface area contributed by atoms with Crippen LogP contribution in [0, 0.1) is 0 Å². The van der Waals surface area contributed by atoms with Crippen molar-refractivity contribution in [1.82, 2.24) is 9.55 Å². The molecule has 0 unspecified atom stereocenters. The van der Waals surface area contributed by atoms with Gasteiger partial charge >= 0.3 is 5.69 Å². The topological polar surface area (TPSA) is 84.0 Å². The van der Waals surface area contributed by atoms with Crippen molar-refractivity contribution in [3.8, 4) is 0 Å². The SMILES string of the molecule is O=C(Nc1c(Cl)cccc1Cl)c1cc(=O)n(Cc2ccccc2)c(=O)[nH]1. The molecule has 1 heterocycles. The average Bonchev–Trinajstić information content (AvgIpc) is 2.62. The van der Waals surface area contributed by atoms with Gasteiger partial charge in [0.1, 0.15) is 5.69 Å². The van der Waals surface area contributed by atoms with Crippen LogP contribution in [-0.4, -0.2) is 15.5 Å². The van der Waals surface area contributed by atoms with Gasteiger partial charge in [0.25, 0.3) is 11.5 Å². The lowest BCUT2D eigenvalue weighted by Gasteiger charge is -2.10. The molecule has 0 spiro atoms. The highest BCUT2D eigenvalue weighted by molar-refractivity contribution is 6.39. The number of para-hydroxylation sites is 1. The third-order valence-corrected chi connectivity index (χ3v) is 4.28. The number of H-pyrrole nitrogens is 1. The highest BCUT2D eigenvalue weighted by Gasteiger charge is 2.14. The molecule has 2 aromatic carbocycles. The molecule has 0 bridgehead atoms. The minimum atomic E-state index is -0.693. The Kier molecular flexibility index (Phi) is 5.25. The van der Waals surface area contributed by atoms with E-state index in [4.69, 9.17) is 23.2 Å². The number of rotatable bonds is 4. The Morgan fingerprint density at radius 1 is 1.00 bits per heavy atom. The van der Waals surface area contributed by atoms with Crippen LogP contribution in [-0.2, 0) is 6.54 Å². The Hall–Kier alpha value is -2.83. The first-order valence-electron chi connectivity index (χ1n) is 7.59. The number of carbonyl (C=O) groups excluding carboxylic acids is 1. The van der Waals surface area contributed by atoms with Crippen LogP contribution >= 0.6 is 23.2 Å². The number of benzene rings is 2. The lowest BCUT2D eigenvalue weighted by atomic mass is 10.2. The van der Waals surface area contributed by atoms with E-state index < -0.39 is 17.2 Å². The molecule has 0 saturated carbocycles. The van der Waals surface area contributed by atoms with Crippen molar-refractivity contribution in [2.45, 2.75) is 6.54 Å². The van der Waals surface area contributed by atoms with Crippen molar-refractivity contribution in [2.75, 3.05) is 5.32 Å². The number of nitrogens with zero attached hydrogens (tertiary/aromatic N) is 1. The Labute approximate surface area is 158 Å². The molecular formula is C18H13Cl2N3O3. The van der Waals surface area contributed by atoms with Crippen molar-refractivity contribution < 1.29 is 4.79 Å². The Balaban J connectivity index is 1.89. The summed E-state index contributed by atoms with van der Waals surface area (Å²) in [6.45, 7) is 0.104. The summed E-state index contributed by atoms with van der Waals surface area (Å²) in [6, 6.07) is 14.9. The van der Waals surface area contributed by atoms with Crippen LogP contribution < -0.4 is 16.6 Å². The lowest BCUT2D eigenvalue weighted by molar-refractivity contribution is 0.102. The Morgan fingerprint density at radius 2 is 1.65 bits per heavy atom. The summed E-state index contributed by atoms with van der Waals surface area (Å²) in [5.41, 5.74) is -0.458. The smallest absolute Gasteiger partial charge is 0.318 e. The Bertz CT molecular complexity index is 1020. The summed E-state index contributed by atoms with van der Waals surface area (Å²) in [6.07, 6.45) is 0. The minimum Gasteiger partial charge on any atom is -0.318 e. The van der Waals surface area contributed by atoms with E-state index in [0.717, 1.165) is 16.2 Å². The largest absolute Gasteiger partial charge is 0.329 e. The van der Waals surface area contributed by atoms with E-state index in [1.54, 1.807) is 30.3 Å². The zero-order chi connectivity index (χ0) is 18.7. The standard InChI is InChI=1S/C18H13Cl2N3O3/c19-12-7-4-8-13(20)16(12)22-17(25)14-9-15(24)23(18(26)21-14)10-11-5-2-1-3-6-11/h1-9H,10H2,(H,21,26)(H,22,25). The molecule has 8 heteroatoms. The summed E-state index contributed by atoms with van der Waals surface area (Å²) >= 11 is 12.0. The van der Waals surface area contributed by atoms with E-state index in [1.807, 2.05) is 18.2 Å². The van der Waals surface area contributed by atoms with Crippen molar-refractivity contribution in [3.63, 3.8) is 0 Å². The number of aromatic amines is 1. The fourth-order valence-electron chi connectivity index (χ4n) is 2.36. The molecule has 3 aromatic rings. The van der Waals surface area contributed by atoms with Crippen molar-refractivity contribution in [2.24, 2.45) is 0 Å². The number of hydrogen-bond acceptors (Lipinski definition) is 3. The lowest BCUT2D eigenvalue weighted by Crippen LogP contribution is -2.37. The number of hydrogen-bond donors (Lipinski definition) is 2. The minimum absolute atomic E-state index is 0.104. The second-order valence-corrected chi connectivity index (χ2v) is 6.26. The molecule has 0 aliphatic heterocycles. The van der Waals surface area contributed by atoms with Crippen LogP contribution in [0.3, 0.4) is 0 Å². The van der Waals surface area contributed by atoms with Gasteiger partial charge < -0.3 is 10.3 Å². The molecule has 132 valence electrons. The first kappa shape index (κ1) is 18.0. The summed E-state index contributed by atoms with van der Waals surface area (Å²) < 4.78 is 1.01. The van der Waals surface area contributed by atoms with Gasteiger partial charge in [0.05, 0.1) is 22.3 Å². The molecule has 1 aromatic heterocycles. The summed E-state index contributed by atoms with van der Waals surface area (Å²) in [7, 11) is 0. The Morgan fingerprint density at radius 3 is 2.27 bits per heavy atom. The van der Waals surface area contributed by atoms with Gasteiger partial charge in [-0.2, -0.15) is 0 Å². The summed E-state index contributed by atoms with van der Waals surface area (Å²) in [5.74, 6) is -0.693. The monoisotopic (exact) mass is 389 g/mol. The van der Waals surface area contributed by atoms with Crippen LogP contribution in [0.1, 0.15) is 16.1 Å². The fraction of sp³-hybridized carbons (Fsp3) is 0.0556. The van der Waals surface area contributed by atoms with Gasteiger partial charge in [-0.25, -0.2) is 4.79 Å². The maximum absolute atomic E-state index is 12.3. The molecule has 0 aliphatic rings. The van der Waals surface area contributed by atoms with Crippen molar-refractivity contribution >= 4 is 34.8 Å². The number of anilines is 1. The fourth-order valence-corrected chi connectivity index (χ4v) is 2.85. The van der Waals surface area contributed by atoms with E-state index in [9.17, 15) is 14.4 Å². The summed E-state index contributed by atoms with van der Waals surface area (Å²) in [5, 5.41) is 2.98. The van der Waals surface area contributed by atoms with Crippen molar-refractivity contribution in [1.29, 1.82) is 0 Å². The van der Waals surface area contributed by atoms with Gasteiger partial charge in [-0.1, -0.05) is 59.6 Å². The van der Waals surface area contributed by atoms with Gasteiger partial charge in [-0.05, 0) is 17.7 Å². The van der Waals surface area contributed by atoms with Gasteiger partial charge in [-0.15, -0.1) is 0 Å². The van der Waals surface area contributed by atoms with E-state index in [1.165, 1.54) is 0 Å². The third kappa shape index (κ3) is 3.87. The molecule has 0 atom stereocenters. The zero-order valence-corrected chi connectivity index (χ0v) is 14.8. The number of nitrogens with one attached hydrogen (secondary N) is 2. The molecule has 0 saturated heterocycles. The van der Waals surface area contributed by atoms with Crippen LogP contribution in [0.4, 0.5) is 5.69 Å². The second kappa shape index (κ2) is 7.59. The first-order valence-corrected chi connectivity index (χ1v) is 8.35. The number of aromatic nitrogens is 2.